The molecule has 0 spiro atoms. The number of allylic oxidation sites excluding steroid dienone is 1. The van der Waals surface area contributed by atoms with Crippen LogP contribution in [0.5, 0.6) is 0 Å². The summed E-state index contributed by atoms with van der Waals surface area (Å²) < 4.78 is 12.3. The molecule has 5 fully saturated rings. The Bertz CT molecular complexity index is 1250. The number of aliphatic carboxylic acids is 2. The van der Waals surface area contributed by atoms with Crippen LogP contribution < -0.4 is 0 Å². The van der Waals surface area contributed by atoms with E-state index in [0.29, 0.717) is 31.6 Å². The van der Waals surface area contributed by atoms with E-state index in [1.54, 1.807) is 6.92 Å². The first-order valence-corrected chi connectivity index (χ1v) is 17.4. The Morgan fingerprint density at radius 2 is 1.51 bits per heavy atom. The highest BCUT2D eigenvalue weighted by molar-refractivity contribution is 5.84. The highest BCUT2D eigenvalue weighted by Crippen LogP contribution is 2.76. The van der Waals surface area contributed by atoms with Crippen molar-refractivity contribution >= 4 is 11.9 Å². The van der Waals surface area contributed by atoms with E-state index in [1.165, 1.54) is 0 Å². The minimum absolute atomic E-state index is 0.0958. The van der Waals surface area contributed by atoms with Crippen LogP contribution in [0.25, 0.3) is 0 Å². The van der Waals surface area contributed by atoms with Crippen molar-refractivity contribution in [3.8, 4) is 0 Å². The van der Waals surface area contributed by atoms with Gasteiger partial charge in [-0.05, 0) is 111 Å². The van der Waals surface area contributed by atoms with E-state index in [4.69, 9.17) is 9.47 Å². The average Bonchev–Trinajstić information content (AvgIpc) is 2.97. The summed E-state index contributed by atoms with van der Waals surface area (Å²) in [6.45, 7) is 15.0. The minimum Gasteiger partial charge on any atom is -0.481 e. The number of carbonyl (C=O) groups is 2. The minimum atomic E-state index is -1.36. The molecule has 0 aromatic carbocycles. The van der Waals surface area contributed by atoms with Gasteiger partial charge < -0.3 is 35.0 Å². The number of aliphatic hydroxyl groups is 3. The molecule has 1 saturated heterocycles. The molecule has 6 rings (SSSR count). The molecule has 0 aromatic heterocycles. The van der Waals surface area contributed by atoms with Gasteiger partial charge in [0.25, 0.3) is 0 Å². The van der Waals surface area contributed by atoms with Crippen LogP contribution in [0.4, 0.5) is 0 Å². The number of hydrogen-bond donors (Lipinski definition) is 5. The molecule has 1 aliphatic heterocycles. The van der Waals surface area contributed by atoms with Gasteiger partial charge in [-0.1, -0.05) is 53.2 Å². The van der Waals surface area contributed by atoms with Crippen LogP contribution in [0.1, 0.15) is 106 Å². The van der Waals surface area contributed by atoms with Crippen molar-refractivity contribution in [1.29, 1.82) is 0 Å². The van der Waals surface area contributed by atoms with Crippen molar-refractivity contribution in [2.75, 3.05) is 0 Å². The van der Waals surface area contributed by atoms with Gasteiger partial charge in [0.2, 0.25) is 0 Å². The molecule has 45 heavy (non-hydrogen) atoms. The number of rotatable bonds is 4. The monoisotopic (exact) mass is 632 g/mol. The van der Waals surface area contributed by atoms with E-state index in [9.17, 15) is 35.1 Å². The maximum atomic E-state index is 13.8. The van der Waals surface area contributed by atoms with Crippen molar-refractivity contribution < 1.29 is 44.6 Å². The normalized spacial score (nSPS) is 54.0. The third kappa shape index (κ3) is 4.28. The van der Waals surface area contributed by atoms with E-state index < -0.39 is 58.9 Å². The molecule has 3 unspecified atom stereocenters. The highest BCUT2D eigenvalue weighted by atomic mass is 16.7. The molecule has 0 amide bonds. The first kappa shape index (κ1) is 33.4. The van der Waals surface area contributed by atoms with Gasteiger partial charge in [-0.2, -0.15) is 0 Å². The fourth-order valence-corrected chi connectivity index (χ4v) is 12.5. The van der Waals surface area contributed by atoms with Crippen LogP contribution in [0, 0.1) is 56.7 Å². The second kappa shape index (κ2) is 10.7. The molecular weight excluding hydrogens is 576 g/mol. The lowest BCUT2D eigenvalue weighted by Gasteiger charge is -2.70. The van der Waals surface area contributed by atoms with Crippen LogP contribution in [0.15, 0.2) is 11.6 Å². The molecule has 5 N–H and O–H groups in total. The van der Waals surface area contributed by atoms with Gasteiger partial charge >= 0.3 is 11.9 Å². The van der Waals surface area contributed by atoms with Crippen LogP contribution in [-0.2, 0) is 19.1 Å². The molecule has 5 aliphatic carbocycles. The third-order valence-electron chi connectivity index (χ3n) is 15.3. The van der Waals surface area contributed by atoms with Crippen molar-refractivity contribution in [2.24, 2.45) is 56.7 Å². The van der Waals surface area contributed by atoms with E-state index >= 15 is 0 Å². The van der Waals surface area contributed by atoms with Crippen molar-refractivity contribution in [3.05, 3.63) is 11.6 Å². The number of carboxylic acid groups (broad SMARTS) is 2. The number of hydrogen-bond acceptors (Lipinski definition) is 7. The molecule has 15 atom stereocenters. The van der Waals surface area contributed by atoms with Gasteiger partial charge in [0, 0.05) is 0 Å². The van der Waals surface area contributed by atoms with Gasteiger partial charge in [-0.3, -0.25) is 9.59 Å². The maximum absolute atomic E-state index is 13.8. The summed E-state index contributed by atoms with van der Waals surface area (Å²) in [5, 5.41) is 53.2. The molecule has 0 bridgehead atoms. The molecule has 9 heteroatoms. The van der Waals surface area contributed by atoms with Crippen molar-refractivity contribution in [2.45, 2.75) is 143 Å². The number of aliphatic hydroxyl groups excluding tert-OH is 3. The molecule has 9 nitrogen and oxygen atoms in total. The Balaban J connectivity index is 1.35. The predicted octanol–water partition coefficient (Wildman–Crippen LogP) is 5.01. The number of carboxylic acids is 2. The molecule has 4 saturated carbocycles. The second-order valence-electron chi connectivity index (χ2n) is 17.2. The summed E-state index contributed by atoms with van der Waals surface area (Å²) in [5.41, 5.74) is -2.13. The lowest BCUT2D eigenvalue weighted by molar-refractivity contribution is -0.324. The number of fused-ring (bicyclic) bond motifs is 7. The summed E-state index contributed by atoms with van der Waals surface area (Å²) in [7, 11) is 0. The van der Waals surface area contributed by atoms with Crippen LogP contribution in [-0.4, -0.2) is 74.3 Å². The van der Waals surface area contributed by atoms with Gasteiger partial charge in [0.05, 0.1) is 23.0 Å². The first-order valence-electron chi connectivity index (χ1n) is 17.4. The SMILES string of the molecule is C[C@@H]1CC[C@]2(C(=O)O)CC[C@]3(C(=O)O)C(=CCC4[C@@]5(C)CC[C@H](O[C@@H]6O[C@H](C)[C@H](O)[C@H](O)[C@H]6O)C(C)(C)C5CC[C@]43C)C2[C@H]1C. The van der Waals surface area contributed by atoms with Gasteiger partial charge in [0.1, 0.15) is 18.3 Å². The summed E-state index contributed by atoms with van der Waals surface area (Å²) in [6, 6.07) is 0. The smallest absolute Gasteiger partial charge is 0.314 e. The fourth-order valence-electron chi connectivity index (χ4n) is 12.5. The lowest BCUT2D eigenvalue weighted by Crippen LogP contribution is -2.68. The molecule has 0 aromatic rings. The van der Waals surface area contributed by atoms with Crippen LogP contribution >= 0.6 is 0 Å². The Labute approximate surface area is 267 Å². The lowest BCUT2D eigenvalue weighted by atomic mass is 9.33. The summed E-state index contributed by atoms with van der Waals surface area (Å²) in [6.07, 6.45) is 2.36. The largest absolute Gasteiger partial charge is 0.481 e. The summed E-state index contributed by atoms with van der Waals surface area (Å²) in [4.78, 5) is 26.8. The van der Waals surface area contributed by atoms with E-state index in [0.717, 1.165) is 37.7 Å². The standard InChI is InChI=1S/C36H56O9/c1-18-10-15-35(30(40)41)16-17-36(31(42)43)21(25(35)19(18)2)8-9-23-33(6)13-12-24(32(4,5)22(33)11-14-34(23,36)7)45-29-28(39)27(38)26(37)20(3)44-29/h8,18-20,22-29,37-39H,9-17H2,1-7H3,(H,40,41)(H,42,43)/t18-,19+,20-,22?,23?,24+,25?,26+,27+,28-,29+,33+,34-,35+,36-/m1/s1. The van der Waals surface area contributed by atoms with Crippen molar-refractivity contribution in [1.82, 2.24) is 0 Å². The van der Waals surface area contributed by atoms with E-state index in [-0.39, 0.29) is 40.6 Å². The van der Waals surface area contributed by atoms with Gasteiger partial charge in [-0.25, -0.2) is 0 Å². The zero-order chi connectivity index (χ0) is 33.1. The zero-order valence-corrected chi connectivity index (χ0v) is 28.2. The second-order valence-corrected chi connectivity index (χ2v) is 17.2. The van der Waals surface area contributed by atoms with Gasteiger partial charge in [0.15, 0.2) is 6.29 Å². The quantitative estimate of drug-likeness (QED) is 0.213. The zero-order valence-electron chi connectivity index (χ0n) is 28.2. The maximum Gasteiger partial charge on any atom is 0.314 e. The molecule has 6 aliphatic rings. The Morgan fingerprint density at radius 3 is 2.16 bits per heavy atom. The predicted molar refractivity (Wildman–Crippen MR) is 166 cm³/mol. The third-order valence-corrected chi connectivity index (χ3v) is 15.3. The van der Waals surface area contributed by atoms with Gasteiger partial charge in [-0.15, -0.1) is 0 Å². The van der Waals surface area contributed by atoms with E-state index in [1.807, 2.05) is 0 Å². The topological polar surface area (TPSA) is 154 Å². The average molecular weight is 633 g/mol. The number of ether oxygens (including phenoxy) is 2. The molecule has 0 radical (unpaired) electrons. The molecular formula is C36H56O9. The molecule has 1 heterocycles. The molecule has 254 valence electrons. The van der Waals surface area contributed by atoms with Crippen molar-refractivity contribution in [3.63, 3.8) is 0 Å². The van der Waals surface area contributed by atoms with E-state index in [2.05, 4.69) is 47.6 Å². The Kier molecular flexibility index (Phi) is 7.97. The first-order chi connectivity index (χ1) is 20.9. The Morgan fingerprint density at radius 1 is 0.822 bits per heavy atom. The van der Waals surface area contributed by atoms with Crippen LogP contribution in [0.3, 0.4) is 0 Å². The highest BCUT2D eigenvalue weighted by Gasteiger charge is 2.73. The Hall–Kier alpha value is -1.52. The van der Waals surface area contributed by atoms with Crippen LogP contribution in [0.2, 0.25) is 0 Å². The fraction of sp³-hybridized carbons (Fsp3) is 0.889. The summed E-state index contributed by atoms with van der Waals surface area (Å²) in [5.74, 6) is -1.08. The summed E-state index contributed by atoms with van der Waals surface area (Å²) >= 11 is 0.